The van der Waals surface area contributed by atoms with Gasteiger partial charge in [-0.05, 0) is 55.8 Å². The molecule has 1 spiro atoms. The number of hydrogen-bond donors (Lipinski definition) is 1. The van der Waals surface area contributed by atoms with Crippen LogP contribution < -0.4 is 0 Å². The molecule has 2 rings (SSSR count). The highest BCUT2D eigenvalue weighted by Gasteiger charge is 2.70. The van der Waals surface area contributed by atoms with Gasteiger partial charge in [-0.15, -0.1) is 0 Å². The van der Waals surface area contributed by atoms with Gasteiger partial charge in [-0.3, -0.25) is 0 Å². The predicted molar refractivity (Wildman–Crippen MR) is 87.5 cm³/mol. The van der Waals surface area contributed by atoms with Gasteiger partial charge in [0.1, 0.15) is 0 Å². The molecule has 2 aliphatic rings. The Morgan fingerprint density at radius 2 is 1.48 bits per heavy atom. The fourth-order valence-electron chi connectivity index (χ4n) is 4.56. The first kappa shape index (κ1) is 24.1. The molecule has 1 atom stereocenters. The summed E-state index contributed by atoms with van der Waals surface area (Å²) in [7, 11) is 0. The van der Waals surface area contributed by atoms with Gasteiger partial charge in [-0.1, -0.05) is 25.0 Å². The lowest BCUT2D eigenvalue weighted by Crippen LogP contribution is -2.57. The maximum atomic E-state index is 13.3. The average molecular weight is 438 g/mol. The number of rotatable bonds is 7. The molecule has 1 nitrogen and oxygen atoms in total. The minimum absolute atomic E-state index is 0.121. The lowest BCUT2D eigenvalue weighted by Gasteiger charge is -2.44. The van der Waals surface area contributed by atoms with E-state index < -0.39 is 55.0 Å². The smallest absolute Gasteiger partial charge is 0.374 e. The van der Waals surface area contributed by atoms with E-state index >= 15 is 0 Å². The van der Waals surface area contributed by atoms with Crippen molar-refractivity contribution in [3.05, 3.63) is 24.1 Å². The molecule has 2 saturated carbocycles. The second-order valence-electron chi connectivity index (χ2n) is 8.33. The van der Waals surface area contributed by atoms with E-state index in [1.807, 2.05) is 0 Å². The van der Waals surface area contributed by atoms with Crippen LogP contribution in [0.1, 0.15) is 57.8 Å². The van der Waals surface area contributed by atoms with E-state index in [1.54, 1.807) is 6.08 Å². The van der Waals surface area contributed by atoms with Crippen LogP contribution in [0.5, 0.6) is 0 Å². The Kier molecular flexibility index (Phi) is 7.07. The highest BCUT2D eigenvalue weighted by atomic mass is 19.4. The standard InChI is InChI=1S/C19H23F9O/c20-14(15(21)22)8-12(11-17(29,18(23,24)25)19(26,27)28)4-3-5-13-9-16(10-13)6-1-2-7-16/h3,5,12-13,29H,1-2,4,6-11H2/b5-3+. The second-order valence-corrected chi connectivity index (χ2v) is 8.33. The van der Waals surface area contributed by atoms with Gasteiger partial charge in [0.05, 0.1) is 0 Å². The first-order valence-electron chi connectivity index (χ1n) is 9.41. The minimum atomic E-state index is -6.08. The summed E-state index contributed by atoms with van der Waals surface area (Å²) in [6, 6.07) is 0. The molecule has 0 radical (unpaired) electrons. The van der Waals surface area contributed by atoms with Gasteiger partial charge in [-0.25, -0.2) is 4.39 Å². The Bertz CT molecular complexity index is 601. The van der Waals surface area contributed by atoms with Gasteiger partial charge in [0.2, 0.25) is 0 Å². The van der Waals surface area contributed by atoms with Gasteiger partial charge in [0, 0.05) is 6.42 Å². The molecule has 0 amide bonds. The van der Waals surface area contributed by atoms with Crippen molar-refractivity contribution in [2.75, 3.05) is 0 Å². The van der Waals surface area contributed by atoms with Gasteiger partial charge in [-0.2, -0.15) is 35.1 Å². The summed E-state index contributed by atoms with van der Waals surface area (Å²) in [5.41, 5.74) is -4.83. The Hall–Kier alpha value is -1.19. The van der Waals surface area contributed by atoms with Crippen LogP contribution in [-0.2, 0) is 0 Å². The summed E-state index contributed by atoms with van der Waals surface area (Å²) in [5.74, 6) is -3.76. The largest absolute Gasteiger partial charge is 0.426 e. The zero-order valence-electron chi connectivity index (χ0n) is 15.5. The molecule has 2 aliphatic carbocycles. The van der Waals surface area contributed by atoms with E-state index in [9.17, 15) is 44.6 Å². The SMILES string of the molecule is OC(CC(C/C=C/C1CC2(CCCC2)C1)CC(F)=C(F)F)(C(F)(F)F)C(F)(F)F. The van der Waals surface area contributed by atoms with Crippen molar-refractivity contribution in [2.24, 2.45) is 17.3 Å². The molecule has 0 heterocycles. The number of halogens is 9. The van der Waals surface area contributed by atoms with Crippen LogP contribution >= 0.6 is 0 Å². The normalized spacial score (nSPS) is 21.6. The molecule has 0 bridgehead atoms. The monoisotopic (exact) mass is 438 g/mol. The number of hydrogen-bond acceptors (Lipinski definition) is 1. The van der Waals surface area contributed by atoms with Crippen molar-refractivity contribution >= 4 is 0 Å². The zero-order valence-corrected chi connectivity index (χ0v) is 15.5. The Morgan fingerprint density at radius 3 is 1.93 bits per heavy atom. The fraction of sp³-hybridized carbons (Fsp3) is 0.789. The van der Waals surface area contributed by atoms with E-state index in [-0.39, 0.29) is 11.3 Å². The van der Waals surface area contributed by atoms with Crippen molar-refractivity contribution in [2.45, 2.75) is 75.7 Å². The van der Waals surface area contributed by atoms with Crippen LogP contribution in [0.4, 0.5) is 39.5 Å². The lowest BCUT2D eigenvalue weighted by atomic mass is 9.61. The fourth-order valence-corrected chi connectivity index (χ4v) is 4.56. The van der Waals surface area contributed by atoms with Crippen molar-refractivity contribution < 1.29 is 44.6 Å². The molecule has 0 saturated heterocycles. The first-order valence-corrected chi connectivity index (χ1v) is 9.41. The van der Waals surface area contributed by atoms with Crippen molar-refractivity contribution in [3.8, 4) is 0 Å². The third kappa shape index (κ3) is 5.49. The molecule has 0 aromatic heterocycles. The molecule has 0 aromatic rings. The molecule has 1 N–H and O–H groups in total. The first-order chi connectivity index (χ1) is 13.2. The summed E-state index contributed by atoms with van der Waals surface area (Å²) in [4.78, 5) is 0. The van der Waals surface area contributed by atoms with Gasteiger partial charge in [0.15, 0.2) is 5.83 Å². The zero-order chi connectivity index (χ0) is 22.1. The van der Waals surface area contributed by atoms with Crippen LogP contribution in [0.3, 0.4) is 0 Å². The average Bonchev–Trinajstić information content (AvgIpc) is 3.01. The molecule has 10 heteroatoms. The third-order valence-electron chi connectivity index (χ3n) is 6.13. The maximum Gasteiger partial charge on any atom is 0.426 e. The highest BCUT2D eigenvalue weighted by Crippen LogP contribution is 2.56. The van der Waals surface area contributed by atoms with Crippen molar-refractivity contribution in [1.29, 1.82) is 0 Å². The van der Waals surface area contributed by atoms with Crippen LogP contribution in [0.25, 0.3) is 0 Å². The maximum absolute atomic E-state index is 13.3. The van der Waals surface area contributed by atoms with Crippen LogP contribution in [-0.4, -0.2) is 23.1 Å². The van der Waals surface area contributed by atoms with Gasteiger partial charge >= 0.3 is 18.4 Å². The van der Waals surface area contributed by atoms with E-state index in [4.69, 9.17) is 0 Å². The number of allylic oxidation sites excluding steroid dienone is 3. The summed E-state index contributed by atoms with van der Waals surface area (Å²) < 4.78 is 115. The molecule has 2 fully saturated rings. The quantitative estimate of drug-likeness (QED) is 0.328. The summed E-state index contributed by atoms with van der Waals surface area (Å²) in [5, 5.41) is 9.31. The number of alkyl halides is 6. The van der Waals surface area contributed by atoms with Gasteiger partial charge < -0.3 is 5.11 Å². The highest BCUT2D eigenvalue weighted by molar-refractivity contribution is 5.06. The topological polar surface area (TPSA) is 20.2 Å². The van der Waals surface area contributed by atoms with E-state index in [2.05, 4.69) is 0 Å². The summed E-state index contributed by atoms with van der Waals surface area (Å²) in [6.45, 7) is 0. The lowest BCUT2D eigenvalue weighted by molar-refractivity contribution is -0.372. The van der Waals surface area contributed by atoms with Crippen molar-refractivity contribution in [1.82, 2.24) is 0 Å². The molecule has 0 aliphatic heterocycles. The van der Waals surface area contributed by atoms with Crippen LogP contribution in [0.2, 0.25) is 0 Å². The van der Waals surface area contributed by atoms with E-state index in [1.165, 1.54) is 6.08 Å². The summed E-state index contributed by atoms with van der Waals surface area (Å²) >= 11 is 0. The summed E-state index contributed by atoms with van der Waals surface area (Å²) in [6.07, 6.45) is -9.58. The van der Waals surface area contributed by atoms with E-state index in [0.717, 1.165) is 38.5 Å². The van der Waals surface area contributed by atoms with Gasteiger partial charge in [0.25, 0.3) is 5.60 Å². The molecule has 29 heavy (non-hydrogen) atoms. The van der Waals surface area contributed by atoms with Crippen LogP contribution in [0, 0.1) is 17.3 Å². The third-order valence-corrected chi connectivity index (χ3v) is 6.13. The second kappa shape index (κ2) is 8.51. The number of aliphatic hydroxyl groups is 1. The molecule has 1 unspecified atom stereocenters. The Morgan fingerprint density at radius 1 is 0.966 bits per heavy atom. The minimum Gasteiger partial charge on any atom is -0.374 e. The van der Waals surface area contributed by atoms with Crippen LogP contribution in [0.15, 0.2) is 24.1 Å². The Labute approximate surface area is 162 Å². The molecular weight excluding hydrogens is 415 g/mol. The van der Waals surface area contributed by atoms with E-state index in [0.29, 0.717) is 0 Å². The Balaban J connectivity index is 2.08. The molecule has 168 valence electrons. The molecular formula is C19H23F9O. The van der Waals surface area contributed by atoms with Crippen molar-refractivity contribution in [3.63, 3.8) is 0 Å². The predicted octanol–water partition coefficient (Wildman–Crippen LogP) is 7.23. The molecule has 0 aromatic carbocycles.